The van der Waals surface area contributed by atoms with Gasteiger partial charge in [-0.15, -0.1) is 11.3 Å². The summed E-state index contributed by atoms with van der Waals surface area (Å²) in [6.07, 6.45) is -4.83. The molecule has 0 amide bonds. The monoisotopic (exact) mass is 288 g/mol. The van der Waals surface area contributed by atoms with E-state index in [1.165, 1.54) is 11.3 Å². The smallest absolute Gasteiger partial charge is 0.294 e. The van der Waals surface area contributed by atoms with Crippen LogP contribution in [0.25, 0.3) is 0 Å². The van der Waals surface area contributed by atoms with E-state index >= 15 is 0 Å². The van der Waals surface area contributed by atoms with Crippen LogP contribution in [0.2, 0.25) is 0 Å². The molecule has 1 nitrogen and oxygen atoms in total. The molecule has 0 unspecified atom stereocenters. The lowest BCUT2D eigenvalue weighted by atomic mass is 10.0. The van der Waals surface area contributed by atoms with Crippen molar-refractivity contribution in [2.75, 3.05) is 0 Å². The quantitative estimate of drug-likeness (QED) is 0.607. The van der Waals surface area contributed by atoms with Gasteiger partial charge in [0, 0.05) is 16.9 Å². The van der Waals surface area contributed by atoms with Gasteiger partial charge < -0.3 is 0 Å². The molecule has 0 saturated carbocycles. The Labute approximate surface area is 110 Å². The van der Waals surface area contributed by atoms with E-state index < -0.39 is 28.9 Å². The SMILES string of the molecule is O=C(Cc1cccs1)c1cc(F)ccc1C(F)(F)F. The largest absolute Gasteiger partial charge is 0.417 e. The van der Waals surface area contributed by atoms with Gasteiger partial charge >= 0.3 is 6.18 Å². The summed E-state index contributed by atoms with van der Waals surface area (Å²) in [4.78, 5) is 12.5. The minimum Gasteiger partial charge on any atom is -0.294 e. The third-order valence-electron chi connectivity index (χ3n) is 2.50. The van der Waals surface area contributed by atoms with Crippen molar-refractivity contribution >= 4 is 17.1 Å². The van der Waals surface area contributed by atoms with Crippen molar-refractivity contribution in [1.29, 1.82) is 0 Å². The van der Waals surface area contributed by atoms with Gasteiger partial charge in [0.15, 0.2) is 5.78 Å². The van der Waals surface area contributed by atoms with Gasteiger partial charge in [0.2, 0.25) is 0 Å². The normalized spacial score (nSPS) is 11.6. The third kappa shape index (κ3) is 3.20. The van der Waals surface area contributed by atoms with Crippen LogP contribution in [-0.4, -0.2) is 5.78 Å². The first-order valence-electron chi connectivity index (χ1n) is 5.30. The maximum atomic E-state index is 13.1. The molecule has 1 aromatic heterocycles. The first kappa shape index (κ1) is 13.7. The van der Waals surface area contributed by atoms with Gasteiger partial charge in [-0.3, -0.25) is 4.79 Å². The standard InChI is InChI=1S/C13H8F4OS/c14-8-3-4-11(13(15,16)17)10(6-8)12(18)7-9-2-1-5-19-9/h1-6H,7H2. The van der Waals surface area contributed by atoms with Crippen LogP contribution in [0.4, 0.5) is 17.6 Å². The topological polar surface area (TPSA) is 17.1 Å². The van der Waals surface area contributed by atoms with Crippen molar-refractivity contribution in [3.8, 4) is 0 Å². The summed E-state index contributed by atoms with van der Waals surface area (Å²) in [7, 11) is 0. The number of alkyl halides is 3. The van der Waals surface area contributed by atoms with E-state index in [-0.39, 0.29) is 6.42 Å². The molecule has 2 aromatic rings. The van der Waals surface area contributed by atoms with Crippen LogP contribution in [0.3, 0.4) is 0 Å². The average molecular weight is 288 g/mol. The van der Waals surface area contributed by atoms with Gasteiger partial charge in [-0.05, 0) is 29.6 Å². The van der Waals surface area contributed by atoms with Crippen molar-refractivity contribution in [2.45, 2.75) is 12.6 Å². The fourth-order valence-electron chi connectivity index (χ4n) is 1.66. The predicted molar refractivity (Wildman–Crippen MR) is 63.8 cm³/mol. The maximum absolute atomic E-state index is 13.1. The van der Waals surface area contributed by atoms with E-state index in [0.717, 1.165) is 0 Å². The lowest BCUT2D eigenvalue weighted by Gasteiger charge is -2.11. The molecular formula is C13H8F4OS. The van der Waals surface area contributed by atoms with E-state index in [4.69, 9.17) is 0 Å². The van der Waals surface area contributed by atoms with Gasteiger partial charge in [-0.25, -0.2) is 4.39 Å². The minimum atomic E-state index is -4.67. The van der Waals surface area contributed by atoms with Gasteiger partial charge in [0.1, 0.15) is 5.82 Å². The van der Waals surface area contributed by atoms with Crippen LogP contribution in [0.1, 0.15) is 20.8 Å². The number of benzene rings is 1. The maximum Gasteiger partial charge on any atom is 0.417 e. The van der Waals surface area contributed by atoms with Crippen molar-refractivity contribution in [3.05, 3.63) is 57.5 Å². The number of hydrogen-bond donors (Lipinski definition) is 0. The van der Waals surface area contributed by atoms with Gasteiger partial charge in [-0.2, -0.15) is 13.2 Å². The molecule has 1 aromatic carbocycles. The Balaban J connectivity index is 2.37. The van der Waals surface area contributed by atoms with Crippen LogP contribution < -0.4 is 0 Å². The van der Waals surface area contributed by atoms with Crippen LogP contribution in [-0.2, 0) is 12.6 Å². The summed E-state index contributed by atoms with van der Waals surface area (Å²) in [5.41, 5.74) is -1.73. The highest BCUT2D eigenvalue weighted by Gasteiger charge is 2.35. The number of hydrogen-bond acceptors (Lipinski definition) is 2. The van der Waals surface area contributed by atoms with E-state index in [0.29, 0.717) is 23.1 Å². The zero-order valence-electron chi connectivity index (χ0n) is 9.50. The Morgan fingerprint density at radius 3 is 2.53 bits per heavy atom. The molecule has 0 aliphatic heterocycles. The van der Waals surface area contributed by atoms with E-state index in [1.54, 1.807) is 17.5 Å². The first-order chi connectivity index (χ1) is 8.88. The molecule has 0 aliphatic rings. The van der Waals surface area contributed by atoms with E-state index in [2.05, 4.69) is 0 Å². The molecule has 19 heavy (non-hydrogen) atoms. The third-order valence-corrected chi connectivity index (χ3v) is 3.38. The Morgan fingerprint density at radius 1 is 1.21 bits per heavy atom. The molecule has 0 saturated heterocycles. The number of rotatable bonds is 3. The van der Waals surface area contributed by atoms with Crippen LogP contribution in [0, 0.1) is 5.82 Å². The second kappa shape index (κ2) is 5.13. The molecule has 100 valence electrons. The molecule has 0 fully saturated rings. The van der Waals surface area contributed by atoms with Gasteiger partial charge in [0.25, 0.3) is 0 Å². The lowest BCUT2D eigenvalue weighted by molar-refractivity contribution is -0.137. The van der Waals surface area contributed by atoms with Gasteiger partial charge in [-0.1, -0.05) is 6.07 Å². The second-order valence-corrected chi connectivity index (χ2v) is 4.90. The minimum absolute atomic E-state index is 0.163. The fraction of sp³-hybridized carbons (Fsp3) is 0.154. The zero-order valence-corrected chi connectivity index (χ0v) is 10.3. The van der Waals surface area contributed by atoms with Crippen LogP contribution in [0.5, 0.6) is 0 Å². The molecule has 0 N–H and O–H groups in total. The molecule has 0 atom stereocenters. The molecule has 0 spiro atoms. The molecule has 0 radical (unpaired) electrons. The summed E-state index contributed by atoms with van der Waals surface area (Å²) in [6.45, 7) is 0. The highest BCUT2D eigenvalue weighted by atomic mass is 32.1. The summed E-state index contributed by atoms with van der Waals surface area (Å²) in [6, 6.07) is 5.28. The van der Waals surface area contributed by atoms with E-state index in [9.17, 15) is 22.4 Å². The number of Topliss-reactive ketones (excluding diaryl/α,β-unsaturated/α-hetero) is 1. The van der Waals surface area contributed by atoms with Crippen LogP contribution in [0.15, 0.2) is 35.7 Å². The molecule has 0 aliphatic carbocycles. The number of carbonyl (C=O) groups excluding carboxylic acids is 1. The highest BCUT2D eigenvalue weighted by Crippen LogP contribution is 2.33. The summed E-state index contributed by atoms with van der Waals surface area (Å²) < 4.78 is 51.3. The number of carbonyl (C=O) groups is 1. The van der Waals surface area contributed by atoms with Crippen molar-refractivity contribution in [2.24, 2.45) is 0 Å². The fourth-order valence-corrected chi connectivity index (χ4v) is 2.36. The van der Waals surface area contributed by atoms with Crippen molar-refractivity contribution in [1.82, 2.24) is 0 Å². The summed E-state index contributed by atoms with van der Waals surface area (Å²) in [5.74, 6) is -1.60. The van der Waals surface area contributed by atoms with E-state index in [1.807, 2.05) is 0 Å². The number of ketones is 1. The summed E-state index contributed by atoms with van der Waals surface area (Å²) in [5, 5.41) is 1.72. The molecule has 2 rings (SSSR count). The zero-order chi connectivity index (χ0) is 14.0. The highest BCUT2D eigenvalue weighted by molar-refractivity contribution is 7.10. The van der Waals surface area contributed by atoms with Gasteiger partial charge in [0.05, 0.1) is 5.56 Å². The molecule has 0 bridgehead atoms. The Bertz CT molecular complexity index is 587. The molecule has 1 heterocycles. The molecular weight excluding hydrogens is 280 g/mol. The Kier molecular flexibility index (Phi) is 3.71. The molecule has 6 heteroatoms. The Morgan fingerprint density at radius 2 is 1.95 bits per heavy atom. The lowest BCUT2D eigenvalue weighted by Crippen LogP contribution is -2.14. The number of thiophene rings is 1. The van der Waals surface area contributed by atoms with Crippen molar-refractivity contribution < 1.29 is 22.4 Å². The van der Waals surface area contributed by atoms with Crippen molar-refractivity contribution in [3.63, 3.8) is 0 Å². The predicted octanol–water partition coefficient (Wildman–Crippen LogP) is 4.33. The van der Waals surface area contributed by atoms with Crippen LogP contribution >= 0.6 is 11.3 Å². The summed E-state index contributed by atoms with van der Waals surface area (Å²) >= 11 is 1.27. The Hall–Kier alpha value is -1.69. The second-order valence-electron chi connectivity index (χ2n) is 3.87. The first-order valence-corrected chi connectivity index (χ1v) is 6.18. The average Bonchev–Trinajstić information content (AvgIpc) is 2.80. The number of halogens is 4.